The van der Waals surface area contributed by atoms with Crippen LogP contribution in [0, 0.1) is 23.6 Å². The van der Waals surface area contributed by atoms with Crippen molar-refractivity contribution in [3.05, 3.63) is 59.4 Å². The van der Waals surface area contributed by atoms with Gasteiger partial charge in [0, 0.05) is 49.8 Å². The highest BCUT2D eigenvalue weighted by Crippen LogP contribution is 2.34. The number of aliphatic hydroxyl groups is 1. The van der Waals surface area contributed by atoms with Gasteiger partial charge in [0.05, 0.1) is 6.61 Å². The third kappa shape index (κ3) is 6.60. The number of aliphatic hydroxyl groups excluding tert-OH is 1. The second-order valence-corrected chi connectivity index (χ2v) is 10.8. The highest BCUT2D eigenvalue weighted by Gasteiger charge is 2.38. The molecule has 7 nitrogen and oxygen atoms in total. The summed E-state index contributed by atoms with van der Waals surface area (Å²) in [4.78, 5) is 1.99. The summed E-state index contributed by atoms with van der Waals surface area (Å²) in [6.07, 6.45) is -0.392. The molecule has 2 aromatic carbocycles. The lowest BCUT2D eigenvalue weighted by Gasteiger charge is -2.37. The molecule has 2 aromatic rings. The van der Waals surface area contributed by atoms with E-state index in [0.717, 1.165) is 0 Å². The normalized spacial score (nSPS) is 20.7. The van der Waals surface area contributed by atoms with Crippen LogP contribution in [0.1, 0.15) is 25.0 Å². The van der Waals surface area contributed by atoms with Gasteiger partial charge in [-0.3, -0.25) is 4.90 Å². The lowest BCUT2D eigenvalue weighted by atomic mass is 10.0. The highest BCUT2D eigenvalue weighted by atomic mass is 32.2. The zero-order valence-corrected chi connectivity index (χ0v) is 21.4. The van der Waals surface area contributed by atoms with Crippen molar-refractivity contribution >= 4 is 10.0 Å². The predicted molar refractivity (Wildman–Crippen MR) is 132 cm³/mol. The van der Waals surface area contributed by atoms with Crippen molar-refractivity contribution in [3.63, 3.8) is 0 Å². The van der Waals surface area contributed by atoms with Crippen molar-refractivity contribution in [1.82, 2.24) is 9.21 Å². The van der Waals surface area contributed by atoms with Gasteiger partial charge in [0.25, 0.3) is 0 Å². The van der Waals surface area contributed by atoms with Gasteiger partial charge in [0.2, 0.25) is 10.0 Å². The van der Waals surface area contributed by atoms with Crippen molar-refractivity contribution in [3.8, 4) is 17.6 Å². The summed E-state index contributed by atoms with van der Waals surface area (Å²) in [6.45, 7) is 4.54. The fraction of sp³-hybridized carbons (Fsp3) is 0.462. The predicted octanol–water partition coefficient (Wildman–Crippen LogP) is 2.72. The second-order valence-electron chi connectivity index (χ2n) is 8.92. The number of sulfonamides is 1. The number of halogens is 1. The summed E-state index contributed by atoms with van der Waals surface area (Å²) in [6, 6.07) is 10.8. The van der Waals surface area contributed by atoms with E-state index in [2.05, 4.69) is 11.8 Å². The van der Waals surface area contributed by atoms with Gasteiger partial charge in [-0.15, -0.1) is 0 Å². The molecule has 9 heteroatoms. The molecule has 0 aromatic heterocycles. The molecule has 35 heavy (non-hydrogen) atoms. The number of hydrogen-bond donors (Lipinski definition) is 1. The van der Waals surface area contributed by atoms with Crippen LogP contribution in [0.5, 0.6) is 5.75 Å². The van der Waals surface area contributed by atoms with Gasteiger partial charge < -0.3 is 14.6 Å². The first-order valence-corrected chi connectivity index (χ1v) is 12.9. The van der Waals surface area contributed by atoms with Crippen molar-refractivity contribution in [2.75, 3.05) is 40.5 Å². The molecule has 190 valence electrons. The van der Waals surface area contributed by atoms with E-state index < -0.39 is 22.2 Å². The van der Waals surface area contributed by atoms with E-state index in [1.807, 2.05) is 18.9 Å². The standard InChI is InChI=1S/C26H33FN2O5S/c1-19-15-29(20(2)18-30)35(31,32)26-12-11-21(8-7-13-33-4)14-24(26)34-25(19)17-28(3)16-22-9-5-6-10-23(22)27/h5-6,9-12,14,19-20,25,30H,13,15-18H2,1-4H3/t19-,20-,25-/m1/s1. The summed E-state index contributed by atoms with van der Waals surface area (Å²) < 4.78 is 53.9. The number of rotatable bonds is 7. The van der Waals surface area contributed by atoms with Crippen molar-refractivity contribution < 1.29 is 27.4 Å². The largest absolute Gasteiger partial charge is 0.487 e. The number of fused-ring (bicyclic) bond motifs is 1. The molecule has 0 fully saturated rings. The molecule has 0 spiro atoms. The number of methoxy groups -OCH3 is 1. The van der Waals surface area contributed by atoms with E-state index in [0.29, 0.717) is 24.2 Å². The fourth-order valence-electron chi connectivity index (χ4n) is 4.02. The molecule has 3 rings (SSSR count). The zero-order valence-electron chi connectivity index (χ0n) is 20.6. The lowest BCUT2D eigenvalue weighted by Crippen LogP contribution is -2.49. The molecule has 0 aliphatic carbocycles. The van der Waals surface area contributed by atoms with E-state index in [1.165, 1.54) is 16.4 Å². The van der Waals surface area contributed by atoms with Crippen LogP contribution in [-0.4, -0.2) is 75.3 Å². The quantitative estimate of drug-likeness (QED) is 0.585. The Morgan fingerprint density at radius 1 is 1.31 bits per heavy atom. The molecule has 1 heterocycles. The molecular weight excluding hydrogens is 471 g/mol. The minimum absolute atomic E-state index is 0.0312. The van der Waals surface area contributed by atoms with E-state index in [4.69, 9.17) is 9.47 Å². The van der Waals surface area contributed by atoms with Gasteiger partial charge in [-0.1, -0.05) is 37.0 Å². The molecule has 0 saturated carbocycles. The fourth-order valence-corrected chi connectivity index (χ4v) is 5.85. The van der Waals surface area contributed by atoms with Crippen LogP contribution in [0.4, 0.5) is 4.39 Å². The summed E-state index contributed by atoms with van der Waals surface area (Å²) in [5.74, 6) is 5.54. The molecular formula is C26H33FN2O5S. The summed E-state index contributed by atoms with van der Waals surface area (Å²) in [5, 5.41) is 9.77. The minimum Gasteiger partial charge on any atom is -0.487 e. The van der Waals surface area contributed by atoms with Crippen molar-refractivity contribution in [2.45, 2.75) is 37.4 Å². The molecule has 1 N–H and O–H groups in total. The monoisotopic (exact) mass is 504 g/mol. The molecule has 0 bridgehead atoms. The minimum atomic E-state index is -3.92. The molecule has 1 aliphatic rings. The number of ether oxygens (including phenoxy) is 2. The maximum atomic E-state index is 14.2. The maximum absolute atomic E-state index is 14.2. The average Bonchev–Trinajstić information content (AvgIpc) is 2.82. The number of benzene rings is 2. The lowest BCUT2D eigenvalue weighted by molar-refractivity contribution is 0.0731. The van der Waals surface area contributed by atoms with Crippen LogP contribution in [0.3, 0.4) is 0 Å². The third-order valence-electron chi connectivity index (χ3n) is 6.01. The molecule has 1 aliphatic heterocycles. The molecule has 0 amide bonds. The van der Waals surface area contributed by atoms with Gasteiger partial charge in [-0.25, -0.2) is 12.8 Å². The Bertz CT molecular complexity index is 1180. The zero-order chi connectivity index (χ0) is 25.6. The topological polar surface area (TPSA) is 79.3 Å². The summed E-state index contributed by atoms with van der Waals surface area (Å²) >= 11 is 0. The highest BCUT2D eigenvalue weighted by molar-refractivity contribution is 7.89. The summed E-state index contributed by atoms with van der Waals surface area (Å²) in [7, 11) is -0.501. The second kappa shape index (κ2) is 12.0. The molecule has 3 atom stereocenters. The van der Waals surface area contributed by atoms with Crippen molar-refractivity contribution in [2.24, 2.45) is 5.92 Å². The Morgan fingerprint density at radius 3 is 2.74 bits per heavy atom. The maximum Gasteiger partial charge on any atom is 0.247 e. The smallest absolute Gasteiger partial charge is 0.247 e. The van der Waals surface area contributed by atoms with Gasteiger partial charge in [-0.05, 0) is 38.2 Å². The molecule has 0 radical (unpaired) electrons. The Hall–Kier alpha value is -2.48. The van der Waals surface area contributed by atoms with E-state index in [-0.39, 0.29) is 42.1 Å². The number of nitrogens with zero attached hydrogens (tertiary/aromatic N) is 2. The first-order chi connectivity index (χ1) is 16.7. The van der Waals surface area contributed by atoms with Gasteiger partial charge in [-0.2, -0.15) is 4.31 Å². The molecule has 0 saturated heterocycles. The first kappa shape index (κ1) is 27.1. The van der Waals surface area contributed by atoms with Crippen LogP contribution >= 0.6 is 0 Å². The number of hydrogen-bond acceptors (Lipinski definition) is 6. The van der Waals surface area contributed by atoms with Gasteiger partial charge in [0.1, 0.15) is 29.2 Å². The average molecular weight is 505 g/mol. The SMILES string of the molecule is COCC#Cc1ccc2c(c1)O[C@H](CN(C)Cc1ccccc1F)[C@H](C)CN([C@H](C)CO)S2(=O)=O. The number of likely N-dealkylation sites (N-methyl/N-ethyl adjacent to an activating group) is 1. The van der Waals surface area contributed by atoms with Crippen LogP contribution in [-0.2, 0) is 21.3 Å². The van der Waals surface area contributed by atoms with E-state index >= 15 is 0 Å². The van der Waals surface area contributed by atoms with Crippen LogP contribution in [0.2, 0.25) is 0 Å². The Morgan fingerprint density at radius 2 is 2.06 bits per heavy atom. The van der Waals surface area contributed by atoms with Crippen LogP contribution in [0.15, 0.2) is 47.4 Å². The third-order valence-corrected chi connectivity index (χ3v) is 8.03. The van der Waals surface area contributed by atoms with E-state index in [9.17, 15) is 17.9 Å². The van der Waals surface area contributed by atoms with Gasteiger partial charge >= 0.3 is 0 Å². The first-order valence-electron chi connectivity index (χ1n) is 11.5. The Balaban J connectivity index is 1.97. The van der Waals surface area contributed by atoms with Crippen LogP contribution < -0.4 is 4.74 Å². The van der Waals surface area contributed by atoms with E-state index in [1.54, 1.807) is 44.4 Å². The Labute approximate surface area is 207 Å². The summed E-state index contributed by atoms with van der Waals surface area (Å²) in [5.41, 5.74) is 1.17. The molecule has 0 unspecified atom stereocenters. The van der Waals surface area contributed by atoms with Crippen LogP contribution in [0.25, 0.3) is 0 Å². The van der Waals surface area contributed by atoms with Gasteiger partial charge in [0.15, 0.2) is 0 Å². The van der Waals surface area contributed by atoms with Crippen molar-refractivity contribution in [1.29, 1.82) is 0 Å². The Kier molecular flexibility index (Phi) is 9.27.